The van der Waals surface area contributed by atoms with Crippen molar-refractivity contribution >= 4 is 33.2 Å². The first-order valence-electron chi connectivity index (χ1n) is 6.18. The summed E-state index contributed by atoms with van der Waals surface area (Å²) in [7, 11) is 0. The number of nitrogens with zero attached hydrogens (tertiary/aromatic N) is 1. The van der Waals surface area contributed by atoms with Gasteiger partial charge in [0.2, 0.25) is 0 Å². The molecule has 0 saturated carbocycles. The third-order valence-corrected chi connectivity index (χ3v) is 3.56. The molecular formula is C14H15N3O3. The summed E-state index contributed by atoms with van der Waals surface area (Å²) in [6, 6.07) is 6.43. The molecule has 0 amide bonds. The molecule has 0 fully saturated rings. The summed E-state index contributed by atoms with van der Waals surface area (Å²) in [4.78, 5) is 0. The van der Waals surface area contributed by atoms with Crippen LogP contribution in [0.15, 0.2) is 24.3 Å². The maximum absolute atomic E-state index is 9.79. The Kier molecular flexibility index (Phi) is 2.62. The number of aromatic nitrogens is 1. The van der Waals surface area contributed by atoms with Crippen LogP contribution in [0, 0.1) is 0 Å². The number of anilines is 2. The summed E-state index contributed by atoms with van der Waals surface area (Å²) >= 11 is 0. The van der Waals surface area contributed by atoms with Crippen molar-refractivity contribution in [3.63, 3.8) is 0 Å². The minimum absolute atomic E-state index is 0.0386. The molecule has 7 N–H and O–H groups in total. The third kappa shape index (κ3) is 1.48. The second-order valence-electron chi connectivity index (χ2n) is 4.66. The number of benzene rings is 2. The molecule has 0 aliphatic heterocycles. The van der Waals surface area contributed by atoms with E-state index in [9.17, 15) is 15.3 Å². The third-order valence-electron chi connectivity index (χ3n) is 3.56. The Morgan fingerprint density at radius 1 is 0.850 bits per heavy atom. The number of hydrogen-bond donors (Lipinski definition) is 5. The Balaban J connectivity index is 2.60. The normalized spacial score (nSPS) is 11.4. The van der Waals surface area contributed by atoms with E-state index in [2.05, 4.69) is 0 Å². The molecule has 0 atom stereocenters. The van der Waals surface area contributed by atoms with Crippen molar-refractivity contribution in [3.8, 4) is 11.5 Å². The second kappa shape index (κ2) is 4.21. The molecule has 0 bridgehead atoms. The molecule has 0 unspecified atom stereocenters. The van der Waals surface area contributed by atoms with Crippen molar-refractivity contribution in [3.05, 3.63) is 24.3 Å². The molecular weight excluding hydrogens is 258 g/mol. The zero-order valence-corrected chi connectivity index (χ0v) is 10.7. The van der Waals surface area contributed by atoms with Gasteiger partial charge in [0, 0.05) is 17.3 Å². The van der Waals surface area contributed by atoms with Crippen LogP contribution >= 0.6 is 0 Å². The van der Waals surface area contributed by atoms with Crippen molar-refractivity contribution in [2.24, 2.45) is 0 Å². The number of rotatable bonds is 2. The topological polar surface area (TPSA) is 118 Å². The number of aliphatic hydroxyl groups excluding tert-OH is 1. The van der Waals surface area contributed by atoms with E-state index < -0.39 is 0 Å². The number of phenols is 2. The first-order chi connectivity index (χ1) is 9.56. The summed E-state index contributed by atoms with van der Waals surface area (Å²) in [5.74, 6) is -0.0772. The number of nitrogen functional groups attached to an aromatic ring is 2. The summed E-state index contributed by atoms with van der Waals surface area (Å²) in [5.41, 5.74) is 13.8. The second-order valence-corrected chi connectivity index (χ2v) is 4.66. The van der Waals surface area contributed by atoms with E-state index in [0.717, 1.165) is 11.0 Å². The minimum atomic E-state index is -0.0412. The average molecular weight is 273 g/mol. The van der Waals surface area contributed by atoms with Gasteiger partial charge < -0.3 is 31.4 Å². The molecule has 0 aliphatic rings. The van der Waals surface area contributed by atoms with Crippen LogP contribution in [0.2, 0.25) is 0 Å². The van der Waals surface area contributed by atoms with Crippen LogP contribution in [0.4, 0.5) is 11.4 Å². The van der Waals surface area contributed by atoms with Crippen molar-refractivity contribution < 1.29 is 15.3 Å². The number of hydrogen-bond acceptors (Lipinski definition) is 5. The van der Waals surface area contributed by atoms with Gasteiger partial charge in [-0.25, -0.2) is 0 Å². The molecule has 0 spiro atoms. The van der Waals surface area contributed by atoms with Gasteiger partial charge in [0.25, 0.3) is 0 Å². The van der Waals surface area contributed by atoms with Gasteiger partial charge in [0.05, 0.1) is 29.0 Å². The van der Waals surface area contributed by atoms with Crippen molar-refractivity contribution in [1.82, 2.24) is 4.57 Å². The predicted octanol–water partition coefficient (Wildman–Crippen LogP) is 1.36. The highest BCUT2D eigenvalue weighted by molar-refractivity contribution is 6.19. The summed E-state index contributed by atoms with van der Waals surface area (Å²) in [6.45, 7) is 0.328. The summed E-state index contributed by atoms with van der Waals surface area (Å²) in [5, 5.41) is 30.0. The summed E-state index contributed by atoms with van der Waals surface area (Å²) < 4.78 is 1.86. The fourth-order valence-corrected chi connectivity index (χ4v) is 2.64. The molecule has 1 aromatic heterocycles. The van der Waals surface area contributed by atoms with Crippen molar-refractivity contribution in [2.75, 3.05) is 18.1 Å². The highest BCUT2D eigenvalue weighted by Crippen LogP contribution is 2.42. The molecule has 3 rings (SSSR count). The SMILES string of the molecule is Nc1c(O)ccc2c1c1c(N)c(O)ccc1n2CCO. The van der Waals surface area contributed by atoms with E-state index in [0.29, 0.717) is 17.3 Å². The predicted molar refractivity (Wildman–Crippen MR) is 78.7 cm³/mol. The zero-order chi connectivity index (χ0) is 14.4. The molecule has 0 aliphatic carbocycles. The first kappa shape index (κ1) is 12.4. The molecule has 6 nitrogen and oxygen atoms in total. The molecule has 1 heterocycles. The van der Waals surface area contributed by atoms with Crippen LogP contribution in [-0.4, -0.2) is 26.5 Å². The molecule has 6 heteroatoms. The Bertz CT molecular complexity index is 758. The highest BCUT2D eigenvalue weighted by atomic mass is 16.3. The van der Waals surface area contributed by atoms with Crippen LogP contribution in [-0.2, 0) is 6.54 Å². The molecule has 0 radical (unpaired) electrons. The molecule has 3 aromatic rings. The van der Waals surface area contributed by atoms with E-state index in [1.165, 1.54) is 12.1 Å². The lowest BCUT2D eigenvalue weighted by Gasteiger charge is -2.05. The molecule has 104 valence electrons. The maximum atomic E-state index is 9.79. The number of aliphatic hydroxyl groups is 1. The van der Waals surface area contributed by atoms with Gasteiger partial charge in [-0.3, -0.25) is 0 Å². The smallest absolute Gasteiger partial charge is 0.139 e. The number of aromatic hydroxyl groups is 2. The van der Waals surface area contributed by atoms with E-state index in [-0.39, 0.29) is 29.5 Å². The van der Waals surface area contributed by atoms with Gasteiger partial charge in [-0.15, -0.1) is 0 Å². The number of phenolic OH excluding ortho intramolecular Hbond substituents is 2. The van der Waals surface area contributed by atoms with Crippen LogP contribution < -0.4 is 11.5 Å². The van der Waals surface area contributed by atoms with E-state index in [1.54, 1.807) is 12.1 Å². The lowest BCUT2D eigenvalue weighted by molar-refractivity contribution is 0.280. The van der Waals surface area contributed by atoms with Gasteiger partial charge in [-0.1, -0.05) is 0 Å². The molecule has 0 saturated heterocycles. The molecule has 2 aromatic carbocycles. The van der Waals surface area contributed by atoms with Crippen molar-refractivity contribution in [1.29, 1.82) is 0 Å². The van der Waals surface area contributed by atoms with Crippen LogP contribution in [0.5, 0.6) is 11.5 Å². The first-order valence-corrected chi connectivity index (χ1v) is 6.18. The Morgan fingerprint density at radius 3 is 1.70 bits per heavy atom. The van der Waals surface area contributed by atoms with Gasteiger partial charge in [0.1, 0.15) is 11.5 Å². The Labute approximate surface area is 114 Å². The van der Waals surface area contributed by atoms with Crippen LogP contribution in [0.3, 0.4) is 0 Å². The Hall–Kier alpha value is -2.60. The zero-order valence-electron chi connectivity index (χ0n) is 10.7. The average Bonchev–Trinajstić information content (AvgIpc) is 2.74. The van der Waals surface area contributed by atoms with Gasteiger partial charge in [-0.2, -0.15) is 0 Å². The minimum Gasteiger partial charge on any atom is -0.506 e. The van der Waals surface area contributed by atoms with E-state index in [1.807, 2.05) is 4.57 Å². The van der Waals surface area contributed by atoms with Crippen molar-refractivity contribution in [2.45, 2.75) is 6.54 Å². The maximum Gasteiger partial charge on any atom is 0.139 e. The van der Waals surface area contributed by atoms with Gasteiger partial charge in [0.15, 0.2) is 0 Å². The number of fused-ring (bicyclic) bond motifs is 3. The van der Waals surface area contributed by atoms with E-state index >= 15 is 0 Å². The largest absolute Gasteiger partial charge is 0.506 e. The quantitative estimate of drug-likeness (QED) is 0.357. The van der Waals surface area contributed by atoms with Crippen LogP contribution in [0.25, 0.3) is 21.8 Å². The molecule has 20 heavy (non-hydrogen) atoms. The lowest BCUT2D eigenvalue weighted by Crippen LogP contribution is -2.01. The highest BCUT2D eigenvalue weighted by Gasteiger charge is 2.18. The fourth-order valence-electron chi connectivity index (χ4n) is 2.64. The monoisotopic (exact) mass is 273 g/mol. The summed E-state index contributed by atoms with van der Waals surface area (Å²) in [6.07, 6.45) is 0. The fraction of sp³-hybridized carbons (Fsp3) is 0.143. The van der Waals surface area contributed by atoms with E-state index in [4.69, 9.17) is 11.5 Å². The van der Waals surface area contributed by atoms with Gasteiger partial charge in [-0.05, 0) is 24.3 Å². The standard InChI is InChI=1S/C14H15N3O3/c15-13-9(19)3-1-7-11(13)12-8(17(7)5-6-18)2-4-10(20)14(12)16/h1-4,18-20H,5-6,15-16H2. The van der Waals surface area contributed by atoms with Gasteiger partial charge >= 0.3 is 0 Å². The Morgan fingerprint density at radius 2 is 1.30 bits per heavy atom. The van der Waals surface area contributed by atoms with Crippen LogP contribution in [0.1, 0.15) is 0 Å². The number of nitrogens with two attached hydrogens (primary N) is 2. The lowest BCUT2D eigenvalue weighted by atomic mass is 10.1.